The van der Waals surface area contributed by atoms with Crippen LogP contribution in [0.5, 0.6) is 0 Å². The molecule has 20 heavy (non-hydrogen) atoms. The number of aromatic nitrogens is 5. The van der Waals surface area contributed by atoms with E-state index in [0.29, 0.717) is 5.82 Å². The summed E-state index contributed by atoms with van der Waals surface area (Å²) in [6, 6.07) is 9.61. The Morgan fingerprint density at radius 1 is 1.15 bits per heavy atom. The van der Waals surface area contributed by atoms with Crippen molar-refractivity contribution in [2.45, 2.75) is 17.8 Å². The van der Waals surface area contributed by atoms with Crippen LogP contribution in [0.3, 0.4) is 0 Å². The van der Waals surface area contributed by atoms with Crippen molar-refractivity contribution in [1.82, 2.24) is 24.7 Å². The SMILES string of the molecule is Cc1cc(SCn2cccn2)nc(-c2ccccn2)n1. The van der Waals surface area contributed by atoms with E-state index in [1.165, 1.54) is 0 Å². The Labute approximate surface area is 121 Å². The highest BCUT2D eigenvalue weighted by atomic mass is 32.2. The molecule has 3 aromatic rings. The van der Waals surface area contributed by atoms with Crippen LogP contribution in [0.4, 0.5) is 0 Å². The van der Waals surface area contributed by atoms with Gasteiger partial charge in [0.1, 0.15) is 10.7 Å². The minimum atomic E-state index is 0.661. The summed E-state index contributed by atoms with van der Waals surface area (Å²) in [4.78, 5) is 13.3. The van der Waals surface area contributed by atoms with Crippen LogP contribution in [-0.2, 0) is 5.88 Å². The zero-order valence-corrected chi connectivity index (χ0v) is 11.8. The predicted molar refractivity (Wildman–Crippen MR) is 78.1 cm³/mol. The largest absolute Gasteiger partial charge is 0.262 e. The maximum absolute atomic E-state index is 4.55. The maximum atomic E-state index is 4.55. The first-order valence-corrected chi connectivity index (χ1v) is 7.17. The third-order valence-electron chi connectivity index (χ3n) is 2.63. The second-order valence-electron chi connectivity index (χ2n) is 4.21. The van der Waals surface area contributed by atoms with Gasteiger partial charge in [0.15, 0.2) is 5.82 Å². The van der Waals surface area contributed by atoms with Gasteiger partial charge >= 0.3 is 0 Å². The summed E-state index contributed by atoms with van der Waals surface area (Å²) in [6.07, 6.45) is 5.45. The van der Waals surface area contributed by atoms with Crippen LogP contribution in [0.2, 0.25) is 0 Å². The van der Waals surface area contributed by atoms with Gasteiger partial charge in [-0.2, -0.15) is 5.10 Å². The van der Waals surface area contributed by atoms with Gasteiger partial charge in [-0.05, 0) is 31.2 Å². The first-order valence-electron chi connectivity index (χ1n) is 6.18. The summed E-state index contributed by atoms with van der Waals surface area (Å²) >= 11 is 1.62. The first kappa shape index (κ1) is 12.8. The van der Waals surface area contributed by atoms with E-state index in [1.807, 2.05) is 48.1 Å². The molecule has 5 nitrogen and oxygen atoms in total. The summed E-state index contributed by atoms with van der Waals surface area (Å²) in [6.45, 7) is 1.96. The standard InChI is InChI=1S/C14H13N5S/c1-11-9-13(20-10-19-8-4-7-16-19)18-14(17-11)12-5-2-3-6-15-12/h2-9H,10H2,1H3. The molecule has 0 unspecified atom stereocenters. The van der Waals surface area contributed by atoms with Gasteiger partial charge < -0.3 is 0 Å². The van der Waals surface area contributed by atoms with Crippen LogP contribution in [0.25, 0.3) is 11.5 Å². The number of pyridine rings is 1. The van der Waals surface area contributed by atoms with Crippen molar-refractivity contribution in [2.24, 2.45) is 0 Å². The van der Waals surface area contributed by atoms with Gasteiger partial charge in [0.2, 0.25) is 0 Å². The van der Waals surface area contributed by atoms with Gasteiger partial charge in [-0.15, -0.1) is 0 Å². The normalized spacial score (nSPS) is 10.7. The molecular formula is C14H13N5S. The number of rotatable bonds is 4. The van der Waals surface area contributed by atoms with Crippen molar-refractivity contribution in [3.8, 4) is 11.5 Å². The summed E-state index contributed by atoms with van der Waals surface area (Å²) in [7, 11) is 0. The Bertz CT molecular complexity index is 682. The molecule has 0 N–H and O–H groups in total. The molecule has 0 fully saturated rings. The van der Waals surface area contributed by atoms with E-state index in [4.69, 9.17) is 0 Å². The Morgan fingerprint density at radius 3 is 2.85 bits per heavy atom. The first-order chi connectivity index (χ1) is 9.81. The number of nitrogens with zero attached hydrogens (tertiary/aromatic N) is 5. The molecule has 0 aliphatic carbocycles. The van der Waals surface area contributed by atoms with E-state index in [0.717, 1.165) is 22.3 Å². The third-order valence-corrected chi connectivity index (χ3v) is 3.53. The fourth-order valence-electron chi connectivity index (χ4n) is 1.73. The topological polar surface area (TPSA) is 56.5 Å². The van der Waals surface area contributed by atoms with Crippen molar-refractivity contribution < 1.29 is 0 Å². The van der Waals surface area contributed by atoms with Crippen molar-refractivity contribution >= 4 is 11.8 Å². The van der Waals surface area contributed by atoms with Crippen LogP contribution in [0.15, 0.2) is 53.9 Å². The van der Waals surface area contributed by atoms with Crippen molar-refractivity contribution in [2.75, 3.05) is 0 Å². The number of thioether (sulfide) groups is 1. The molecule has 100 valence electrons. The van der Waals surface area contributed by atoms with E-state index >= 15 is 0 Å². The molecule has 3 heterocycles. The van der Waals surface area contributed by atoms with E-state index in [-0.39, 0.29) is 0 Å². The molecule has 0 amide bonds. The van der Waals surface area contributed by atoms with Crippen LogP contribution in [0, 0.1) is 6.92 Å². The summed E-state index contributed by atoms with van der Waals surface area (Å²) in [5.74, 6) is 1.39. The average molecular weight is 283 g/mol. The molecule has 0 radical (unpaired) electrons. The lowest BCUT2D eigenvalue weighted by Crippen LogP contribution is -1.98. The van der Waals surface area contributed by atoms with E-state index in [9.17, 15) is 0 Å². The zero-order valence-electron chi connectivity index (χ0n) is 11.0. The maximum Gasteiger partial charge on any atom is 0.179 e. The summed E-state index contributed by atoms with van der Waals surface area (Å²) in [5, 5.41) is 5.10. The predicted octanol–water partition coefficient (Wildman–Crippen LogP) is 2.79. The fourth-order valence-corrected chi connectivity index (χ4v) is 2.55. The van der Waals surface area contributed by atoms with Gasteiger partial charge in [-0.25, -0.2) is 9.97 Å². The highest BCUT2D eigenvalue weighted by Crippen LogP contribution is 2.21. The number of hydrogen-bond donors (Lipinski definition) is 0. The van der Waals surface area contributed by atoms with Crippen LogP contribution in [0.1, 0.15) is 5.69 Å². The minimum Gasteiger partial charge on any atom is -0.262 e. The molecule has 6 heteroatoms. The Hall–Kier alpha value is -2.21. The molecule has 0 atom stereocenters. The van der Waals surface area contributed by atoms with Crippen LogP contribution < -0.4 is 0 Å². The fraction of sp³-hybridized carbons (Fsp3) is 0.143. The van der Waals surface area contributed by atoms with Crippen LogP contribution in [-0.4, -0.2) is 24.7 Å². The van der Waals surface area contributed by atoms with Crippen molar-refractivity contribution in [3.63, 3.8) is 0 Å². The van der Waals surface area contributed by atoms with Crippen molar-refractivity contribution in [3.05, 3.63) is 54.6 Å². The Kier molecular flexibility index (Phi) is 3.73. The molecule has 3 aromatic heterocycles. The minimum absolute atomic E-state index is 0.661. The summed E-state index contributed by atoms with van der Waals surface area (Å²) in [5.41, 5.74) is 1.72. The van der Waals surface area contributed by atoms with Gasteiger partial charge in [-0.1, -0.05) is 17.8 Å². The van der Waals surface area contributed by atoms with Gasteiger partial charge in [0.25, 0.3) is 0 Å². The van der Waals surface area contributed by atoms with E-state index in [1.54, 1.807) is 24.2 Å². The zero-order chi connectivity index (χ0) is 13.8. The molecule has 0 spiro atoms. The highest BCUT2D eigenvalue weighted by molar-refractivity contribution is 7.98. The molecule has 0 saturated heterocycles. The van der Waals surface area contributed by atoms with E-state index < -0.39 is 0 Å². The lowest BCUT2D eigenvalue weighted by molar-refractivity contribution is 0.749. The van der Waals surface area contributed by atoms with E-state index in [2.05, 4.69) is 20.1 Å². The second-order valence-corrected chi connectivity index (χ2v) is 5.17. The van der Waals surface area contributed by atoms with Gasteiger partial charge in [-0.3, -0.25) is 9.67 Å². The third kappa shape index (κ3) is 3.03. The van der Waals surface area contributed by atoms with Gasteiger partial charge in [0.05, 0.1) is 5.88 Å². The van der Waals surface area contributed by atoms with Gasteiger partial charge in [0, 0.05) is 24.3 Å². The summed E-state index contributed by atoms with van der Waals surface area (Å²) < 4.78 is 1.86. The molecular weight excluding hydrogens is 270 g/mol. The van der Waals surface area contributed by atoms with Crippen LogP contribution >= 0.6 is 11.8 Å². The quantitative estimate of drug-likeness (QED) is 0.544. The second kappa shape index (κ2) is 5.83. The smallest absolute Gasteiger partial charge is 0.179 e. The molecule has 0 aromatic carbocycles. The molecule has 0 aliphatic heterocycles. The Balaban J connectivity index is 1.83. The monoisotopic (exact) mass is 283 g/mol. The lowest BCUT2D eigenvalue weighted by atomic mass is 10.3. The average Bonchev–Trinajstić information content (AvgIpc) is 2.99. The molecule has 0 saturated carbocycles. The Morgan fingerprint density at radius 2 is 2.10 bits per heavy atom. The molecule has 0 bridgehead atoms. The molecule has 0 aliphatic rings. The number of aryl methyl sites for hydroxylation is 1. The molecule has 3 rings (SSSR count). The highest BCUT2D eigenvalue weighted by Gasteiger charge is 2.06. The van der Waals surface area contributed by atoms with Crippen molar-refractivity contribution in [1.29, 1.82) is 0 Å². The number of hydrogen-bond acceptors (Lipinski definition) is 5. The lowest BCUT2D eigenvalue weighted by Gasteiger charge is -2.05.